The average Bonchev–Trinajstić information content (AvgIpc) is 3.17. The molecule has 0 bridgehead atoms. The minimum Gasteiger partial charge on any atom is -0.345 e. The number of anilines is 1. The summed E-state index contributed by atoms with van der Waals surface area (Å²) in [5.74, 6) is -0.428. The van der Waals surface area contributed by atoms with Gasteiger partial charge in [-0.2, -0.15) is 0 Å². The fraction of sp³-hybridized carbons (Fsp3) is 0.320. The molecule has 4 nitrogen and oxygen atoms in total. The van der Waals surface area contributed by atoms with E-state index < -0.39 is 5.82 Å². The molecule has 158 valence electrons. The summed E-state index contributed by atoms with van der Waals surface area (Å²) < 4.78 is 16.2. The number of hydrogen-bond acceptors (Lipinski definition) is 1. The van der Waals surface area contributed by atoms with Crippen LogP contribution in [0.2, 0.25) is 0 Å². The second kappa shape index (κ2) is 10.6. The second-order valence-corrected chi connectivity index (χ2v) is 7.59. The highest BCUT2D eigenvalue weighted by Gasteiger charge is 2.17. The van der Waals surface area contributed by atoms with E-state index in [0.29, 0.717) is 13.1 Å². The molecule has 0 unspecified atom stereocenters. The lowest BCUT2D eigenvalue weighted by Gasteiger charge is -2.24. The molecule has 0 atom stereocenters. The number of urea groups is 1. The molecule has 2 aromatic carbocycles. The fourth-order valence-electron chi connectivity index (χ4n) is 3.48. The summed E-state index contributed by atoms with van der Waals surface area (Å²) in [5.41, 5.74) is 3.76. The van der Waals surface area contributed by atoms with Gasteiger partial charge in [0, 0.05) is 25.0 Å². The lowest BCUT2D eigenvalue weighted by atomic mass is 10.1. The molecule has 3 rings (SSSR count). The number of carbonyl (C=O) groups excluding carboxylic acids is 1. The van der Waals surface area contributed by atoms with Crippen molar-refractivity contribution < 1.29 is 9.18 Å². The van der Waals surface area contributed by atoms with E-state index in [9.17, 15) is 9.18 Å². The van der Waals surface area contributed by atoms with Gasteiger partial charge in [-0.05, 0) is 48.7 Å². The Morgan fingerprint density at radius 3 is 2.57 bits per heavy atom. The summed E-state index contributed by atoms with van der Waals surface area (Å²) >= 11 is 0. The lowest BCUT2D eigenvalue weighted by molar-refractivity contribution is 0.206. The molecule has 0 aliphatic carbocycles. The first kappa shape index (κ1) is 21.6. The van der Waals surface area contributed by atoms with Gasteiger partial charge in [-0.15, -0.1) is 0 Å². The van der Waals surface area contributed by atoms with Gasteiger partial charge in [-0.3, -0.25) is 0 Å². The summed E-state index contributed by atoms with van der Waals surface area (Å²) in [6.45, 7) is 6.10. The van der Waals surface area contributed by atoms with Gasteiger partial charge in [0.05, 0.1) is 12.2 Å². The molecular weight excluding hydrogens is 377 g/mol. The molecule has 5 heteroatoms. The van der Waals surface area contributed by atoms with E-state index in [1.165, 1.54) is 17.2 Å². The maximum absolute atomic E-state index is 14.0. The van der Waals surface area contributed by atoms with Crippen molar-refractivity contribution in [3.63, 3.8) is 0 Å². The Kier molecular flexibility index (Phi) is 7.66. The van der Waals surface area contributed by atoms with Crippen LogP contribution < -0.4 is 5.32 Å². The number of halogens is 1. The van der Waals surface area contributed by atoms with E-state index in [4.69, 9.17) is 0 Å². The lowest BCUT2D eigenvalue weighted by Crippen LogP contribution is -2.36. The Morgan fingerprint density at radius 2 is 1.80 bits per heavy atom. The number of para-hydroxylation sites is 1. The topological polar surface area (TPSA) is 37.3 Å². The average molecular weight is 408 g/mol. The van der Waals surface area contributed by atoms with E-state index in [1.807, 2.05) is 30.5 Å². The summed E-state index contributed by atoms with van der Waals surface area (Å²) in [6, 6.07) is 18.4. The van der Waals surface area contributed by atoms with Gasteiger partial charge >= 0.3 is 6.03 Å². The van der Waals surface area contributed by atoms with Crippen molar-refractivity contribution in [2.75, 3.05) is 11.9 Å². The molecule has 0 spiro atoms. The number of benzene rings is 2. The van der Waals surface area contributed by atoms with Gasteiger partial charge in [0.25, 0.3) is 0 Å². The van der Waals surface area contributed by atoms with E-state index >= 15 is 0 Å². The molecule has 0 radical (unpaired) electrons. The van der Waals surface area contributed by atoms with Gasteiger partial charge in [-0.25, -0.2) is 9.18 Å². The third-order valence-electron chi connectivity index (χ3n) is 5.31. The fourth-order valence-corrected chi connectivity index (χ4v) is 3.48. The van der Waals surface area contributed by atoms with E-state index in [1.54, 1.807) is 23.1 Å². The standard InChI is InChI=1S/C25H30FN3O/c1-3-4-9-16-29(25(30)27-24-15-8-7-14-23(24)26)19-22-13-10-17-28(22)18-21-12-6-5-11-20(21)2/h5-8,10-15,17H,3-4,9,16,18-19H2,1-2H3,(H,27,30). The Morgan fingerprint density at radius 1 is 1.03 bits per heavy atom. The summed E-state index contributed by atoms with van der Waals surface area (Å²) in [6.07, 6.45) is 5.08. The molecule has 1 N–H and O–H groups in total. The first-order valence-corrected chi connectivity index (χ1v) is 10.6. The number of carbonyl (C=O) groups is 1. The number of unbranched alkanes of at least 4 members (excludes halogenated alkanes) is 2. The molecule has 1 heterocycles. The maximum atomic E-state index is 14.0. The number of aromatic nitrogens is 1. The molecule has 0 aliphatic rings. The SMILES string of the molecule is CCCCCN(Cc1cccn1Cc1ccccc1C)C(=O)Nc1ccccc1F. The van der Waals surface area contributed by atoms with Crippen molar-refractivity contribution in [3.8, 4) is 0 Å². The number of amides is 2. The van der Waals surface area contributed by atoms with Crippen LogP contribution in [0, 0.1) is 12.7 Å². The third-order valence-corrected chi connectivity index (χ3v) is 5.31. The predicted octanol–water partition coefficient (Wildman–Crippen LogP) is 6.21. The number of aryl methyl sites for hydroxylation is 1. The minimum atomic E-state index is -0.428. The van der Waals surface area contributed by atoms with Gasteiger partial charge in [0.2, 0.25) is 0 Å². The van der Waals surface area contributed by atoms with Crippen LogP contribution >= 0.6 is 0 Å². The number of rotatable bonds is 9. The van der Waals surface area contributed by atoms with Crippen LogP contribution in [-0.4, -0.2) is 22.0 Å². The Labute approximate surface area is 178 Å². The molecule has 30 heavy (non-hydrogen) atoms. The van der Waals surface area contributed by atoms with Crippen LogP contribution in [0.1, 0.15) is 43.0 Å². The second-order valence-electron chi connectivity index (χ2n) is 7.59. The van der Waals surface area contributed by atoms with Crippen LogP contribution in [0.5, 0.6) is 0 Å². The van der Waals surface area contributed by atoms with Crippen LogP contribution in [0.25, 0.3) is 0 Å². The molecule has 0 saturated heterocycles. The van der Waals surface area contributed by atoms with Crippen LogP contribution in [-0.2, 0) is 13.1 Å². The quantitative estimate of drug-likeness (QED) is 0.421. The molecule has 0 aliphatic heterocycles. The summed E-state index contributed by atoms with van der Waals surface area (Å²) in [4.78, 5) is 14.7. The monoisotopic (exact) mass is 407 g/mol. The largest absolute Gasteiger partial charge is 0.345 e. The minimum absolute atomic E-state index is 0.207. The smallest absolute Gasteiger partial charge is 0.322 e. The first-order valence-electron chi connectivity index (χ1n) is 10.6. The van der Waals surface area contributed by atoms with Gasteiger partial charge in [0.1, 0.15) is 5.82 Å². The van der Waals surface area contributed by atoms with Crippen LogP contribution in [0.4, 0.5) is 14.9 Å². The molecule has 2 amide bonds. The zero-order valence-electron chi connectivity index (χ0n) is 17.8. The van der Waals surface area contributed by atoms with Crippen molar-refractivity contribution in [1.82, 2.24) is 9.47 Å². The normalized spacial score (nSPS) is 10.8. The highest BCUT2D eigenvalue weighted by Crippen LogP contribution is 2.17. The van der Waals surface area contributed by atoms with Crippen molar-refractivity contribution >= 4 is 11.7 Å². The number of nitrogens with one attached hydrogen (secondary N) is 1. The zero-order chi connectivity index (χ0) is 21.3. The van der Waals surface area contributed by atoms with Crippen molar-refractivity contribution in [1.29, 1.82) is 0 Å². The third kappa shape index (κ3) is 5.72. The van der Waals surface area contributed by atoms with Gasteiger partial charge in [0.15, 0.2) is 0 Å². The van der Waals surface area contributed by atoms with E-state index in [2.05, 4.69) is 35.9 Å². The van der Waals surface area contributed by atoms with Gasteiger partial charge < -0.3 is 14.8 Å². The Hall–Kier alpha value is -3.08. The molecule has 1 aromatic heterocycles. The van der Waals surface area contributed by atoms with E-state index in [-0.39, 0.29) is 11.7 Å². The highest BCUT2D eigenvalue weighted by molar-refractivity contribution is 5.89. The summed E-state index contributed by atoms with van der Waals surface area (Å²) in [5, 5.41) is 2.73. The van der Waals surface area contributed by atoms with Crippen molar-refractivity contribution in [2.24, 2.45) is 0 Å². The zero-order valence-corrected chi connectivity index (χ0v) is 17.8. The molecule has 0 saturated carbocycles. The van der Waals surface area contributed by atoms with Crippen LogP contribution in [0.3, 0.4) is 0 Å². The molecular formula is C25H30FN3O. The molecule has 0 fully saturated rings. The van der Waals surface area contributed by atoms with Crippen molar-refractivity contribution in [3.05, 3.63) is 89.5 Å². The summed E-state index contributed by atoms with van der Waals surface area (Å²) in [7, 11) is 0. The van der Waals surface area contributed by atoms with E-state index in [0.717, 1.165) is 31.5 Å². The van der Waals surface area contributed by atoms with Gasteiger partial charge in [-0.1, -0.05) is 56.2 Å². The number of hydrogen-bond donors (Lipinski definition) is 1. The molecule has 3 aromatic rings. The first-order chi connectivity index (χ1) is 14.6. The van der Waals surface area contributed by atoms with Crippen LogP contribution in [0.15, 0.2) is 66.9 Å². The number of nitrogens with zero attached hydrogens (tertiary/aromatic N) is 2. The highest BCUT2D eigenvalue weighted by atomic mass is 19.1. The maximum Gasteiger partial charge on any atom is 0.322 e. The predicted molar refractivity (Wildman–Crippen MR) is 120 cm³/mol. The Balaban J connectivity index is 1.75. The Bertz CT molecular complexity index is 966. The van der Waals surface area contributed by atoms with Crippen molar-refractivity contribution in [2.45, 2.75) is 46.2 Å².